The van der Waals surface area contributed by atoms with E-state index >= 15 is 0 Å². The molecule has 116 valence electrons. The fourth-order valence-corrected chi connectivity index (χ4v) is 2.67. The van der Waals surface area contributed by atoms with Crippen molar-refractivity contribution in [2.75, 3.05) is 0 Å². The van der Waals surface area contributed by atoms with Crippen LogP contribution in [-0.4, -0.2) is 22.8 Å². The van der Waals surface area contributed by atoms with Crippen LogP contribution in [0.15, 0.2) is 72.9 Å². The van der Waals surface area contributed by atoms with Gasteiger partial charge in [-0.2, -0.15) is 0 Å². The molecule has 0 aromatic heterocycles. The molecule has 3 rings (SSSR count). The molecular weight excluding hydrogens is 288 g/mol. The third kappa shape index (κ3) is 3.31. The number of carbonyl (C=O) groups excluding carboxylic acids is 2. The Morgan fingerprint density at radius 2 is 1.48 bits per heavy atom. The third-order valence-corrected chi connectivity index (χ3v) is 3.92. The van der Waals surface area contributed by atoms with E-state index in [2.05, 4.69) is 11.9 Å². The molecule has 4 nitrogen and oxygen atoms in total. The molecular formula is C19H18N2O2. The van der Waals surface area contributed by atoms with Gasteiger partial charge in [-0.05, 0) is 11.1 Å². The maximum Gasteiger partial charge on any atom is 0.268 e. The summed E-state index contributed by atoms with van der Waals surface area (Å²) in [5.41, 5.74) is 2.18. The Kier molecular flexibility index (Phi) is 4.24. The molecule has 1 aliphatic heterocycles. The van der Waals surface area contributed by atoms with Crippen LogP contribution in [0, 0.1) is 0 Å². The van der Waals surface area contributed by atoms with Gasteiger partial charge in [0.2, 0.25) is 5.91 Å². The van der Waals surface area contributed by atoms with Crippen LogP contribution in [0.2, 0.25) is 0 Å². The highest BCUT2D eigenvalue weighted by atomic mass is 16.2. The van der Waals surface area contributed by atoms with E-state index in [9.17, 15) is 9.59 Å². The standard InChI is InChI=1S/C19H18N2O2/c1-14-18(22)20-17(12-15-8-4-2-5-9-15)19(23)21(14)13-16-10-6-3-7-11-16/h2-11,17H,1,12-13H2,(H,20,22). The zero-order valence-corrected chi connectivity index (χ0v) is 12.7. The predicted octanol–water partition coefficient (Wildman–Crippen LogP) is 2.27. The van der Waals surface area contributed by atoms with Gasteiger partial charge in [0.25, 0.3) is 5.91 Å². The smallest absolute Gasteiger partial charge is 0.268 e. The number of nitrogens with zero attached hydrogens (tertiary/aromatic N) is 1. The second kappa shape index (κ2) is 6.48. The van der Waals surface area contributed by atoms with E-state index in [1.807, 2.05) is 60.7 Å². The summed E-state index contributed by atoms with van der Waals surface area (Å²) in [5.74, 6) is -0.413. The van der Waals surface area contributed by atoms with Crippen molar-refractivity contribution in [3.63, 3.8) is 0 Å². The Balaban J connectivity index is 1.79. The van der Waals surface area contributed by atoms with Crippen molar-refractivity contribution in [1.29, 1.82) is 0 Å². The van der Waals surface area contributed by atoms with Crippen molar-refractivity contribution >= 4 is 11.8 Å². The molecule has 1 heterocycles. The highest BCUT2D eigenvalue weighted by molar-refractivity contribution is 6.04. The summed E-state index contributed by atoms with van der Waals surface area (Å²) >= 11 is 0. The molecule has 1 fully saturated rings. The Morgan fingerprint density at radius 1 is 0.913 bits per heavy atom. The third-order valence-electron chi connectivity index (χ3n) is 3.92. The average Bonchev–Trinajstić information content (AvgIpc) is 2.58. The van der Waals surface area contributed by atoms with Gasteiger partial charge in [-0.15, -0.1) is 0 Å². The van der Waals surface area contributed by atoms with Crippen LogP contribution >= 0.6 is 0 Å². The Morgan fingerprint density at radius 3 is 2.09 bits per heavy atom. The number of nitrogens with one attached hydrogen (secondary N) is 1. The SMILES string of the molecule is C=C1C(=O)NC(Cc2ccccc2)C(=O)N1Cc1ccccc1. The first kappa shape index (κ1) is 15.0. The van der Waals surface area contributed by atoms with E-state index in [-0.39, 0.29) is 17.5 Å². The maximum atomic E-state index is 12.7. The number of rotatable bonds is 4. The van der Waals surface area contributed by atoms with E-state index in [1.165, 1.54) is 4.90 Å². The molecule has 23 heavy (non-hydrogen) atoms. The topological polar surface area (TPSA) is 49.4 Å². The van der Waals surface area contributed by atoms with Crippen molar-refractivity contribution in [3.8, 4) is 0 Å². The molecule has 2 amide bonds. The van der Waals surface area contributed by atoms with Crippen LogP contribution in [0.3, 0.4) is 0 Å². The van der Waals surface area contributed by atoms with E-state index in [0.717, 1.165) is 11.1 Å². The first-order valence-corrected chi connectivity index (χ1v) is 7.54. The minimum Gasteiger partial charge on any atom is -0.339 e. The van der Waals surface area contributed by atoms with Crippen LogP contribution < -0.4 is 5.32 Å². The van der Waals surface area contributed by atoms with Gasteiger partial charge in [0.05, 0.1) is 6.54 Å². The van der Waals surface area contributed by atoms with Crippen molar-refractivity contribution in [2.24, 2.45) is 0 Å². The number of hydrogen-bond acceptors (Lipinski definition) is 2. The van der Waals surface area contributed by atoms with Crippen LogP contribution in [0.1, 0.15) is 11.1 Å². The fourth-order valence-electron chi connectivity index (χ4n) is 2.67. The summed E-state index contributed by atoms with van der Waals surface area (Å²) in [4.78, 5) is 26.4. The van der Waals surface area contributed by atoms with Gasteiger partial charge in [0.1, 0.15) is 11.7 Å². The van der Waals surface area contributed by atoms with Crippen molar-refractivity contribution in [1.82, 2.24) is 10.2 Å². The zero-order valence-electron chi connectivity index (χ0n) is 12.7. The number of benzene rings is 2. The van der Waals surface area contributed by atoms with Gasteiger partial charge in [-0.3, -0.25) is 9.59 Å². The quantitative estimate of drug-likeness (QED) is 0.881. The Bertz CT molecular complexity index is 726. The number of amides is 2. The highest BCUT2D eigenvalue weighted by Gasteiger charge is 2.35. The number of hydrogen-bond donors (Lipinski definition) is 1. The molecule has 2 aromatic carbocycles. The van der Waals surface area contributed by atoms with E-state index in [4.69, 9.17) is 0 Å². The summed E-state index contributed by atoms with van der Waals surface area (Å²) in [6.07, 6.45) is 0.476. The average molecular weight is 306 g/mol. The van der Waals surface area contributed by atoms with Crippen LogP contribution in [0.4, 0.5) is 0 Å². The molecule has 0 aliphatic carbocycles. The van der Waals surface area contributed by atoms with E-state index in [0.29, 0.717) is 13.0 Å². The van der Waals surface area contributed by atoms with E-state index < -0.39 is 6.04 Å². The normalized spacial score (nSPS) is 18.0. The Hall–Kier alpha value is -2.88. The largest absolute Gasteiger partial charge is 0.339 e. The Labute approximate surface area is 135 Å². The molecule has 1 N–H and O–H groups in total. The lowest BCUT2D eigenvalue weighted by Crippen LogP contribution is -2.56. The first-order valence-electron chi connectivity index (χ1n) is 7.54. The number of piperazine rings is 1. The summed E-state index contributed by atoms with van der Waals surface area (Å²) in [6, 6.07) is 18.7. The zero-order chi connectivity index (χ0) is 16.2. The van der Waals surface area contributed by atoms with Crippen LogP contribution in [-0.2, 0) is 22.6 Å². The summed E-state index contributed by atoms with van der Waals surface area (Å²) < 4.78 is 0. The molecule has 2 aromatic rings. The molecule has 1 unspecified atom stereocenters. The van der Waals surface area contributed by atoms with Crippen LogP contribution in [0.25, 0.3) is 0 Å². The highest BCUT2D eigenvalue weighted by Crippen LogP contribution is 2.18. The van der Waals surface area contributed by atoms with Crippen molar-refractivity contribution in [3.05, 3.63) is 84.1 Å². The maximum absolute atomic E-state index is 12.7. The van der Waals surface area contributed by atoms with Gasteiger partial charge in [0.15, 0.2) is 0 Å². The predicted molar refractivity (Wildman–Crippen MR) is 88.2 cm³/mol. The summed E-state index contributed by atoms with van der Waals surface area (Å²) in [6.45, 7) is 4.12. The summed E-state index contributed by atoms with van der Waals surface area (Å²) in [5, 5.41) is 2.75. The molecule has 4 heteroatoms. The molecule has 1 atom stereocenters. The van der Waals surface area contributed by atoms with E-state index in [1.54, 1.807) is 0 Å². The minimum absolute atomic E-state index is 0.123. The molecule has 0 spiro atoms. The summed E-state index contributed by atoms with van der Waals surface area (Å²) in [7, 11) is 0. The molecule has 0 radical (unpaired) electrons. The van der Waals surface area contributed by atoms with Gasteiger partial charge >= 0.3 is 0 Å². The van der Waals surface area contributed by atoms with Crippen LogP contribution in [0.5, 0.6) is 0 Å². The molecule has 1 saturated heterocycles. The van der Waals surface area contributed by atoms with Gasteiger partial charge in [-0.1, -0.05) is 67.2 Å². The van der Waals surface area contributed by atoms with Crippen molar-refractivity contribution < 1.29 is 9.59 Å². The molecule has 0 saturated carbocycles. The lowest BCUT2D eigenvalue weighted by atomic mass is 10.0. The molecule has 0 bridgehead atoms. The lowest BCUT2D eigenvalue weighted by molar-refractivity contribution is -0.140. The van der Waals surface area contributed by atoms with Gasteiger partial charge in [-0.25, -0.2) is 0 Å². The second-order valence-electron chi connectivity index (χ2n) is 5.57. The first-order chi connectivity index (χ1) is 11.1. The van der Waals surface area contributed by atoms with Gasteiger partial charge < -0.3 is 10.2 Å². The molecule has 1 aliphatic rings. The fraction of sp³-hybridized carbons (Fsp3) is 0.158. The van der Waals surface area contributed by atoms with Gasteiger partial charge in [0, 0.05) is 6.42 Å². The monoisotopic (exact) mass is 306 g/mol. The van der Waals surface area contributed by atoms with Crippen molar-refractivity contribution in [2.45, 2.75) is 19.0 Å². The minimum atomic E-state index is -0.556. The lowest BCUT2D eigenvalue weighted by Gasteiger charge is -2.34. The number of carbonyl (C=O) groups is 2. The second-order valence-corrected chi connectivity index (χ2v) is 5.57.